The third-order valence-electron chi connectivity index (χ3n) is 4.19. The Labute approximate surface area is 148 Å². The number of alkyl halides is 1. The van der Waals surface area contributed by atoms with E-state index in [0.717, 1.165) is 6.42 Å². The SMILES string of the molecule is CC(C)(C)OC(=O)NNC1C[C@H]2CC[C@H]([C@H]1F)N2C(=O)OC(C)(C)C. The first-order valence-corrected chi connectivity index (χ1v) is 8.77. The highest BCUT2D eigenvalue weighted by molar-refractivity contribution is 5.70. The highest BCUT2D eigenvalue weighted by atomic mass is 19.1. The Hall–Kier alpha value is -1.57. The van der Waals surface area contributed by atoms with Gasteiger partial charge in [-0.25, -0.2) is 19.4 Å². The zero-order chi connectivity index (χ0) is 19.0. The third kappa shape index (κ3) is 5.20. The van der Waals surface area contributed by atoms with Crippen LogP contribution in [0.2, 0.25) is 0 Å². The number of ether oxygens (including phenoxy) is 2. The fourth-order valence-electron chi connectivity index (χ4n) is 3.34. The molecule has 2 aliphatic heterocycles. The number of fused-ring (bicyclic) bond motifs is 2. The van der Waals surface area contributed by atoms with E-state index in [4.69, 9.17) is 9.47 Å². The van der Waals surface area contributed by atoms with Gasteiger partial charge < -0.3 is 9.47 Å². The van der Waals surface area contributed by atoms with E-state index in [-0.39, 0.29) is 6.04 Å². The van der Waals surface area contributed by atoms with Crippen LogP contribution < -0.4 is 10.9 Å². The number of hydrogen-bond acceptors (Lipinski definition) is 5. The number of halogens is 1. The van der Waals surface area contributed by atoms with E-state index >= 15 is 0 Å². The molecule has 1 unspecified atom stereocenters. The molecule has 0 aromatic heterocycles. The Morgan fingerprint density at radius 2 is 1.64 bits per heavy atom. The molecule has 2 amide bonds. The summed E-state index contributed by atoms with van der Waals surface area (Å²) in [6, 6.07) is -1.19. The van der Waals surface area contributed by atoms with Crippen molar-refractivity contribution >= 4 is 12.2 Å². The summed E-state index contributed by atoms with van der Waals surface area (Å²) in [6.07, 6.45) is -0.679. The fourth-order valence-corrected chi connectivity index (χ4v) is 3.34. The summed E-state index contributed by atoms with van der Waals surface area (Å²) < 4.78 is 25.4. The Bertz CT molecular complexity index is 515. The van der Waals surface area contributed by atoms with Gasteiger partial charge >= 0.3 is 12.2 Å². The molecule has 8 heteroatoms. The van der Waals surface area contributed by atoms with Crippen LogP contribution >= 0.6 is 0 Å². The summed E-state index contributed by atoms with van der Waals surface area (Å²) in [7, 11) is 0. The second kappa shape index (κ2) is 6.97. The zero-order valence-electron chi connectivity index (χ0n) is 15.9. The topological polar surface area (TPSA) is 79.9 Å². The summed E-state index contributed by atoms with van der Waals surface area (Å²) in [6.45, 7) is 10.6. The van der Waals surface area contributed by atoms with Crippen molar-refractivity contribution in [3.8, 4) is 0 Å². The standard InChI is InChI=1S/C17H30FN3O4/c1-16(2,3)24-14(22)20-19-11-9-10-7-8-12(13(11)18)21(10)15(23)25-17(4,5)6/h10-13,19H,7-9H2,1-6H3,(H,20,22)/t10-,11?,12-,13+/m1/s1. The van der Waals surface area contributed by atoms with Gasteiger partial charge in [0.15, 0.2) is 0 Å². The van der Waals surface area contributed by atoms with Gasteiger partial charge in [-0.1, -0.05) is 0 Å². The molecule has 0 aromatic carbocycles. The van der Waals surface area contributed by atoms with Crippen LogP contribution in [-0.4, -0.2) is 52.6 Å². The van der Waals surface area contributed by atoms with Crippen LogP contribution in [0.4, 0.5) is 14.0 Å². The number of nitrogens with zero attached hydrogens (tertiary/aromatic N) is 1. The van der Waals surface area contributed by atoms with E-state index in [9.17, 15) is 14.0 Å². The molecule has 7 nitrogen and oxygen atoms in total. The lowest BCUT2D eigenvalue weighted by Gasteiger charge is -2.41. The van der Waals surface area contributed by atoms with Crippen LogP contribution in [0.1, 0.15) is 60.8 Å². The normalized spacial score (nSPS) is 29.3. The van der Waals surface area contributed by atoms with Crippen molar-refractivity contribution in [2.75, 3.05) is 0 Å². The lowest BCUT2D eigenvalue weighted by Crippen LogP contribution is -2.61. The maximum Gasteiger partial charge on any atom is 0.422 e. The second-order valence-corrected chi connectivity index (χ2v) is 8.74. The van der Waals surface area contributed by atoms with Crippen molar-refractivity contribution < 1.29 is 23.5 Å². The minimum Gasteiger partial charge on any atom is -0.444 e. The number of carbonyl (C=O) groups is 2. The Morgan fingerprint density at radius 3 is 2.20 bits per heavy atom. The van der Waals surface area contributed by atoms with Crippen molar-refractivity contribution in [3.05, 3.63) is 0 Å². The van der Waals surface area contributed by atoms with Crippen LogP contribution in [0.25, 0.3) is 0 Å². The number of hydrazine groups is 1. The summed E-state index contributed by atoms with van der Waals surface area (Å²) in [4.78, 5) is 25.6. The molecule has 2 N–H and O–H groups in total. The predicted molar refractivity (Wildman–Crippen MR) is 90.7 cm³/mol. The number of nitrogens with one attached hydrogen (secondary N) is 2. The number of hydrogen-bond donors (Lipinski definition) is 2. The first-order valence-electron chi connectivity index (χ1n) is 8.77. The number of carbonyl (C=O) groups excluding carboxylic acids is 2. The average Bonchev–Trinajstić information content (AvgIpc) is 2.75. The number of amides is 2. The lowest BCUT2D eigenvalue weighted by atomic mass is 9.96. The molecule has 0 aromatic rings. The zero-order valence-corrected chi connectivity index (χ0v) is 15.9. The van der Waals surface area contributed by atoms with Gasteiger partial charge in [0.25, 0.3) is 0 Å². The van der Waals surface area contributed by atoms with Crippen molar-refractivity contribution in [2.24, 2.45) is 0 Å². The highest BCUT2D eigenvalue weighted by Gasteiger charge is 2.51. The van der Waals surface area contributed by atoms with Crippen molar-refractivity contribution in [2.45, 2.75) is 96.3 Å². The molecule has 2 heterocycles. The molecule has 2 bridgehead atoms. The van der Waals surface area contributed by atoms with Gasteiger partial charge in [-0.3, -0.25) is 10.3 Å². The molecule has 2 aliphatic rings. The smallest absolute Gasteiger partial charge is 0.422 e. The van der Waals surface area contributed by atoms with Gasteiger partial charge in [0.1, 0.15) is 17.4 Å². The summed E-state index contributed by atoms with van der Waals surface area (Å²) in [5, 5.41) is 0. The number of piperidine rings is 1. The number of rotatable bonds is 2. The van der Waals surface area contributed by atoms with Gasteiger partial charge in [-0.15, -0.1) is 0 Å². The van der Waals surface area contributed by atoms with E-state index in [1.165, 1.54) is 4.90 Å². The maximum absolute atomic E-state index is 14.9. The van der Waals surface area contributed by atoms with Crippen LogP contribution in [0.3, 0.4) is 0 Å². The minimum absolute atomic E-state index is 0.0928. The van der Waals surface area contributed by atoms with E-state index in [1.807, 2.05) is 0 Å². The molecule has 2 fully saturated rings. The van der Waals surface area contributed by atoms with E-state index < -0.39 is 41.6 Å². The van der Waals surface area contributed by atoms with Gasteiger partial charge in [-0.05, 0) is 60.8 Å². The van der Waals surface area contributed by atoms with Crippen LogP contribution in [-0.2, 0) is 9.47 Å². The molecular weight excluding hydrogens is 329 g/mol. The molecule has 2 rings (SSSR count). The van der Waals surface area contributed by atoms with Crippen molar-refractivity contribution in [1.82, 2.24) is 15.8 Å². The van der Waals surface area contributed by atoms with Crippen LogP contribution in [0, 0.1) is 0 Å². The van der Waals surface area contributed by atoms with Gasteiger partial charge in [-0.2, -0.15) is 0 Å². The monoisotopic (exact) mass is 359 g/mol. The first-order chi connectivity index (χ1) is 11.4. The lowest BCUT2D eigenvalue weighted by molar-refractivity contribution is -0.0159. The quantitative estimate of drug-likeness (QED) is 0.741. The fraction of sp³-hybridized carbons (Fsp3) is 0.882. The molecule has 0 saturated carbocycles. The maximum atomic E-state index is 14.9. The first kappa shape index (κ1) is 19.8. The molecular formula is C17H30FN3O4. The Balaban J connectivity index is 1.93. The van der Waals surface area contributed by atoms with Crippen molar-refractivity contribution in [1.29, 1.82) is 0 Å². The van der Waals surface area contributed by atoms with Crippen LogP contribution in [0.15, 0.2) is 0 Å². The molecule has 0 spiro atoms. The largest absolute Gasteiger partial charge is 0.444 e. The molecule has 144 valence electrons. The summed E-state index contributed by atoms with van der Waals surface area (Å²) in [5.74, 6) is 0. The summed E-state index contributed by atoms with van der Waals surface area (Å²) >= 11 is 0. The predicted octanol–water partition coefficient (Wildman–Crippen LogP) is 2.89. The second-order valence-electron chi connectivity index (χ2n) is 8.74. The molecule has 0 radical (unpaired) electrons. The summed E-state index contributed by atoms with van der Waals surface area (Å²) in [5.41, 5.74) is 3.89. The van der Waals surface area contributed by atoms with Gasteiger partial charge in [0.2, 0.25) is 0 Å². The van der Waals surface area contributed by atoms with Gasteiger partial charge in [0, 0.05) is 6.04 Å². The minimum atomic E-state index is -1.29. The molecule has 4 atom stereocenters. The van der Waals surface area contributed by atoms with E-state index in [1.54, 1.807) is 41.5 Å². The Kier molecular flexibility index (Phi) is 5.51. The third-order valence-corrected chi connectivity index (χ3v) is 4.19. The molecule has 25 heavy (non-hydrogen) atoms. The van der Waals surface area contributed by atoms with Gasteiger partial charge in [0.05, 0.1) is 12.1 Å². The average molecular weight is 359 g/mol. The van der Waals surface area contributed by atoms with E-state index in [2.05, 4.69) is 10.9 Å². The van der Waals surface area contributed by atoms with Crippen LogP contribution in [0.5, 0.6) is 0 Å². The van der Waals surface area contributed by atoms with Crippen molar-refractivity contribution in [3.63, 3.8) is 0 Å². The Morgan fingerprint density at radius 1 is 1.04 bits per heavy atom. The highest BCUT2D eigenvalue weighted by Crippen LogP contribution is 2.38. The molecule has 0 aliphatic carbocycles. The van der Waals surface area contributed by atoms with E-state index in [0.29, 0.717) is 12.8 Å². The molecule has 2 saturated heterocycles.